The molecule has 0 saturated heterocycles. The van der Waals surface area contributed by atoms with Gasteiger partial charge < -0.3 is 20.5 Å². The highest BCUT2D eigenvalue weighted by molar-refractivity contribution is 5.85. The van der Waals surface area contributed by atoms with E-state index in [1.165, 1.54) is 0 Å². The summed E-state index contributed by atoms with van der Waals surface area (Å²) in [7, 11) is 0. The van der Waals surface area contributed by atoms with Crippen molar-refractivity contribution in [1.82, 2.24) is 10.6 Å². The predicted octanol–water partition coefficient (Wildman–Crippen LogP) is 4.31. The van der Waals surface area contributed by atoms with E-state index < -0.39 is 24.0 Å². The van der Waals surface area contributed by atoms with Gasteiger partial charge in [0, 0.05) is 12.5 Å². The van der Waals surface area contributed by atoms with Crippen LogP contribution in [0.1, 0.15) is 56.6 Å². The third-order valence-electron chi connectivity index (χ3n) is 6.04. The standard InChI is InChI=1S/C26H32N2O5/c1-3-9-17(24(29)28-23(10-4-2)25(30)31)15-27-26(32)33-16-22-20-13-7-5-11-18(20)19-12-6-8-14-21(19)22/h5-8,11-14,17,22-23H,3-4,9-10,15-16H2,1-2H3,(H,27,32)(H,28,29)(H,30,31)/t17?,23-/m1/s1. The SMILES string of the molecule is CCCC(CNC(=O)OCC1c2ccccc2-c2ccccc21)C(=O)N[C@H](CCC)C(=O)O. The Morgan fingerprint density at radius 2 is 1.52 bits per heavy atom. The van der Waals surface area contributed by atoms with Crippen LogP contribution in [0.3, 0.4) is 0 Å². The minimum atomic E-state index is -1.05. The Morgan fingerprint density at radius 1 is 0.939 bits per heavy atom. The third kappa shape index (κ3) is 5.92. The second kappa shape index (κ2) is 11.5. The quantitative estimate of drug-likeness (QED) is 0.471. The first-order valence-electron chi connectivity index (χ1n) is 11.6. The number of ether oxygens (including phenoxy) is 1. The molecule has 0 fully saturated rings. The van der Waals surface area contributed by atoms with Gasteiger partial charge in [-0.25, -0.2) is 9.59 Å². The lowest BCUT2D eigenvalue weighted by molar-refractivity contribution is -0.142. The molecule has 3 rings (SSSR count). The molecule has 0 heterocycles. The van der Waals surface area contributed by atoms with Gasteiger partial charge in [0.1, 0.15) is 12.6 Å². The molecule has 0 saturated carbocycles. The summed E-state index contributed by atoms with van der Waals surface area (Å²) in [6, 6.07) is 15.3. The number of rotatable bonds is 11. The van der Waals surface area contributed by atoms with Gasteiger partial charge in [-0.1, -0.05) is 75.2 Å². The van der Waals surface area contributed by atoms with Crippen LogP contribution in [-0.4, -0.2) is 42.3 Å². The van der Waals surface area contributed by atoms with Gasteiger partial charge in [-0.2, -0.15) is 0 Å². The fourth-order valence-corrected chi connectivity index (χ4v) is 4.37. The molecule has 2 amide bonds. The number of fused-ring (bicyclic) bond motifs is 3. The van der Waals surface area contributed by atoms with Crippen LogP contribution in [0, 0.1) is 5.92 Å². The summed E-state index contributed by atoms with van der Waals surface area (Å²) in [5.74, 6) is -1.97. The van der Waals surface area contributed by atoms with E-state index in [9.17, 15) is 19.5 Å². The average molecular weight is 453 g/mol. The number of nitrogens with one attached hydrogen (secondary N) is 2. The molecule has 0 bridgehead atoms. The van der Waals surface area contributed by atoms with Gasteiger partial charge in [0.15, 0.2) is 0 Å². The Balaban J connectivity index is 1.57. The zero-order chi connectivity index (χ0) is 23.8. The number of carbonyl (C=O) groups excluding carboxylic acids is 2. The Hall–Kier alpha value is -3.35. The summed E-state index contributed by atoms with van der Waals surface area (Å²) in [5, 5.41) is 14.6. The van der Waals surface area contributed by atoms with Crippen molar-refractivity contribution in [3.63, 3.8) is 0 Å². The topological polar surface area (TPSA) is 105 Å². The first-order chi connectivity index (χ1) is 16.0. The number of carbonyl (C=O) groups is 3. The van der Waals surface area contributed by atoms with Crippen molar-refractivity contribution in [2.24, 2.45) is 5.92 Å². The van der Waals surface area contributed by atoms with E-state index in [0.29, 0.717) is 19.3 Å². The summed E-state index contributed by atoms with van der Waals surface area (Å²) >= 11 is 0. The maximum atomic E-state index is 12.6. The van der Waals surface area contributed by atoms with Gasteiger partial charge in [-0.15, -0.1) is 0 Å². The van der Waals surface area contributed by atoms with Gasteiger partial charge in [-0.3, -0.25) is 4.79 Å². The molecule has 0 spiro atoms. The maximum Gasteiger partial charge on any atom is 0.407 e. The number of carboxylic acids is 1. The number of amides is 2. The summed E-state index contributed by atoms with van der Waals surface area (Å²) in [5.41, 5.74) is 4.57. The van der Waals surface area contributed by atoms with Crippen molar-refractivity contribution in [3.05, 3.63) is 59.7 Å². The molecule has 7 heteroatoms. The Kier molecular flexibility index (Phi) is 8.46. The smallest absolute Gasteiger partial charge is 0.407 e. The zero-order valence-corrected chi connectivity index (χ0v) is 19.2. The Bertz CT molecular complexity index is 945. The fraction of sp³-hybridized carbons (Fsp3) is 0.423. The van der Waals surface area contributed by atoms with E-state index in [1.807, 2.05) is 38.1 Å². The first-order valence-corrected chi connectivity index (χ1v) is 11.6. The highest BCUT2D eigenvalue weighted by Crippen LogP contribution is 2.44. The van der Waals surface area contributed by atoms with E-state index >= 15 is 0 Å². The second-order valence-electron chi connectivity index (χ2n) is 8.38. The minimum Gasteiger partial charge on any atom is -0.480 e. The van der Waals surface area contributed by atoms with Crippen molar-refractivity contribution in [3.8, 4) is 11.1 Å². The van der Waals surface area contributed by atoms with Gasteiger partial charge in [-0.05, 0) is 35.1 Å². The Labute approximate surface area is 194 Å². The second-order valence-corrected chi connectivity index (χ2v) is 8.38. The van der Waals surface area contributed by atoms with Crippen molar-refractivity contribution >= 4 is 18.0 Å². The van der Waals surface area contributed by atoms with Gasteiger partial charge >= 0.3 is 12.1 Å². The largest absolute Gasteiger partial charge is 0.480 e. The summed E-state index contributed by atoms with van der Waals surface area (Å²) < 4.78 is 5.53. The van der Waals surface area contributed by atoms with Crippen LogP contribution >= 0.6 is 0 Å². The number of hydrogen-bond donors (Lipinski definition) is 3. The fourth-order valence-electron chi connectivity index (χ4n) is 4.37. The summed E-state index contributed by atoms with van der Waals surface area (Å²) in [4.78, 5) is 36.4. The lowest BCUT2D eigenvalue weighted by Crippen LogP contribution is -2.46. The summed E-state index contributed by atoms with van der Waals surface area (Å²) in [6.07, 6.45) is 1.69. The monoisotopic (exact) mass is 452 g/mol. The molecular weight excluding hydrogens is 420 g/mol. The molecule has 2 aromatic rings. The Morgan fingerprint density at radius 3 is 2.06 bits per heavy atom. The molecule has 1 unspecified atom stereocenters. The highest BCUT2D eigenvalue weighted by Gasteiger charge is 2.29. The van der Waals surface area contributed by atoms with Crippen molar-refractivity contribution in [2.75, 3.05) is 13.2 Å². The van der Waals surface area contributed by atoms with E-state index in [2.05, 4.69) is 34.9 Å². The van der Waals surface area contributed by atoms with Gasteiger partial charge in [0.25, 0.3) is 0 Å². The number of alkyl carbamates (subject to hydrolysis) is 1. The lowest BCUT2D eigenvalue weighted by Gasteiger charge is -2.20. The highest BCUT2D eigenvalue weighted by atomic mass is 16.5. The number of benzene rings is 2. The third-order valence-corrected chi connectivity index (χ3v) is 6.04. The van der Waals surface area contributed by atoms with E-state index in [1.54, 1.807) is 0 Å². The van der Waals surface area contributed by atoms with Crippen LogP contribution in [0.4, 0.5) is 4.79 Å². The molecule has 176 valence electrons. The van der Waals surface area contributed by atoms with Crippen LogP contribution < -0.4 is 10.6 Å². The van der Waals surface area contributed by atoms with Gasteiger partial charge in [0.05, 0.1) is 5.92 Å². The van der Waals surface area contributed by atoms with Crippen LogP contribution in [0.5, 0.6) is 0 Å². The van der Waals surface area contributed by atoms with E-state index in [0.717, 1.165) is 28.7 Å². The zero-order valence-electron chi connectivity index (χ0n) is 19.2. The van der Waals surface area contributed by atoms with E-state index in [4.69, 9.17) is 4.74 Å². The first kappa shape index (κ1) is 24.3. The minimum absolute atomic E-state index is 0.0387. The van der Waals surface area contributed by atoms with Crippen molar-refractivity contribution in [1.29, 1.82) is 0 Å². The molecule has 0 aromatic heterocycles. The van der Waals surface area contributed by atoms with Crippen LogP contribution in [-0.2, 0) is 14.3 Å². The average Bonchev–Trinajstić information content (AvgIpc) is 3.13. The molecule has 1 aliphatic carbocycles. The number of aliphatic carboxylic acids is 1. The predicted molar refractivity (Wildman–Crippen MR) is 126 cm³/mol. The molecule has 7 nitrogen and oxygen atoms in total. The molecule has 0 radical (unpaired) electrons. The molecule has 2 atom stereocenters. The lowest BCUT2D eigenvalue weighted by atomic mass is 9.98. The van der Waals surface area contributed by atoms with Crippen LogP contribution in [0.15, 0.2) is 48.5 Å². The molecule has 0 aliphatic heterocycles. The molecular formula is C26H32N2O5. The van der Waals surface area contributed by atoms with Crippen LogP contribution in [0.25, 0.3) is 11.1 Å². The van der Waals surface area contributed by atoms with Crippen molar-refractivity contribution < 1.29 is 24.2 Å². The number of hydrogen-bond acceptors (Lipinski definition) is 4. The number of carboxylic acid groups (broad SMARTS) is 1. The molecule has 2 aromatic carbocycles. The molecule has 3 N–H and O–H groups in total. The van der Waals surface area contributed by atoms with E-state index in [-0.39, 0.29) is 25.0 Å². The summed E-state index contributed by atoms with van der Waals surface area (Å²) in [6.45, 7) is 4.09. The van der Waals surface area contributed by atoms with Crippen molar-refractivity contribution in [2.45, 2.75) is 51.5 Å². The maximum absolute atomic E-state index is 12.6. The molecule has 1 aliphatic rings. The molecule has 33 heavy (non-hydrogen) atoms. The normalized spacial score (nSPS) is 14.0. The van der Waals surface area contributed by atoms with Crippen LogP contribution in [0.2, 0.25) is 0 Å². The van der Waals surface area contributed by atoms with Gasteiger partial charge in [0.2, 0.25) is 5.91 Å².